The minimum absolute atomic E-state index is 0.129. The maximum absolute atomic E-state index is 13.5. The summed E-state index contributed by atoms with van der Waals surface area (Å²) in [6.45, 7) is 1.25. The first-order valence-corrected chi connectivity index (χ1v) is 5.91. The third-order valence-electron chi connectivity index (χ3n) is 2.27. The first-order valence-electron chi connectivity index (χ1n) is 5.53. The van der Waals surface area contributed by atoms with Gasteiger partial charge in [-0.15, -0.1) is 0 Å². The van der Waals surface area contributed by atoms with Crippen molar-refractivity contribution in [2.45, 2.75) is 13.0 Å². The van der Waals surface area contributed by atoms with Crippen molar-refractivity contribution in [2.24, 2.45) is 0 Å². The van der Waals surface area contributed by atoms with Gasteiger partial charge in [-0.2, -0.15) is 0 Å². The first kappa shape index (κ1) is 15.9. The monoisotopic (exact) mass is 302 g/mol. The molecular weight excluding hydrogens is 291 g/mol. The van der Waals surface area contributed by atoms with Gasteiger partial charge in [0.2, 0.25) is 0 Å². The van der Waals surface area contributed by atoms with E-state index in [1.165, 1.54) is 20.0 Å². The number of halogens is 2. The van der Waals surface area contributed by atoms with Crippen LogP contribution in [0.15, 0.2) is 18.2 Å². The Morgan fingerprint density at radius 3 is 2.55 bits per heavy atom. The summed E-state index contributed by atoms with van der Waals surface area (Å²) in [5.41, 5.74) is -0.353. The second-order valence-electron chi connectivity index (χ2n) is 3.74. The van der Waals surface area contributed by atoms with E-state index >= 15 is 0 Å². The van der Waals surface area contributed by atoms with Crippen molar-refractivity contribution >= 4 is 29.5 Å². The maximum atomic E-state index is 13.5. The summed E-state index contributed by atoms with van der Waals surface area (Å²) < 4.78 is 18.2. The number of amides is 3. The van der Waals surface area contributed by atoms with E-state index in [-0.39, 0.29) is 10.6 Å². The Kier molecular flexibility index (Phi) is 5.45. The molecule has 0 fully saturated rings. The van der Waals surface area contributed by atoms with Crippen molar-refractivity contribution in [3.05, 3.63) is 34.6 Å². The van der Waals surface area contributed by atoms with E-state index in [1.54, 1.807) is 0 Å². The van der Waals surface area contributed by atoms with E-state index in [2.05, 4.69) is 5.32 Å². The van der Waals surface area contributed by atoms with E-state index in [9.17, 15) is 18.8 Å². The fourth-order valence-corrected chi connectivity index (χ4v) is 1.37. The molecule has 3 amide bonds. The van der Waals surface area contributed by atoms with E-state index in [0.29, 0.717) is 0 Å². The van der Waals surface area contributed by atoms with Crippen LogP contribution in [-0.4, -0.2) is 31.1 Å². The smallest absolute Gasteiger partial charge is 0.341 e. The van der Waals surface area contributed by atoms with Crippen molar-refractivity contribution < 1.29 is 23.5 Å². The number of imide groups is 1. The Bertz CT molecular complexity index is 550. The average molecular weight is 303 g/mol. The Hall–Kier alpha value is -2.15. The molecule has 6 nitrogen and oxygen atoms in total. The van der Waals surface area contributed by atoms with Crippen LogP contribution < -0.4 is 10.6 Å². The summed E-state index contributed by atoms with van der Waals surface area (Å²) in [4.78, 5) is 34.0. The van der Waals surface area contributed by atoms with Gasteiger partial charge in [-0.1, -0.05) is 11.6 Å². The van der Waals surface area contributed by atoms with Gasteiger partial charge in [-0.3, -0.25) is 10.1 Å². The fourth-order valence-electron chi connectivity index (χ4n) is 1.21. The summed E-state index contributed by atoms with van der Waals surface area (Å²) >= 11 is 5.55. The van der Waals surface area contributed by atoms with E-state index < -0.39 is 29.8 Å². The van der Waals surface area contributed by atoms with Gasteiger partial charge in [-0.05, 0) is 25.1 Å². The fraction of sp³-hybridized carbons (Fsp3) is 0.250. The third kappa shape index (κ3) is 4.20. The minimum Gasteiger partial charge on any atom is -0.449 e. The van der Waals surface area contributed by atoms with E-state index in [1.807, 2.05) is 5.32 Å². The standard InChI is InChI=1S/C12H12ClFN2O4/c1-6(10(17)16-12(19)15-2)20-11(18)8-4-3-7(13)5-9(8)14/h3-6H,1-2H3,(H2,15,16,17,19)/t6-/m0/s1. The molecule has 2 N–H and O–H groups in total. The molecule has 0 bridgehead atoms. The molecule has 1 aromatic carbocycles. The summed E-state index contributed by atoms with van der Waals surface area (Å²) in [5.74, 6) is -2.72. The highest BCUT2D eigenvalue weighted by Crippen LogP contribution is 2.16. The molecule has 0 saturated carbocycles. The van der Waals surface area contributed by atoms with Crippen LogP contribution in [-0.2, 0) is 9.53 Å². The molecule has 0 unspecified atom stereocenters. The van der Waals surface area contributed by atoms with E-state index in [0.717, 1.165) is 12.1 Å². The Balaban J connectivity index is 2.70. The lowest BCUT2D eigenvalue weighted by atomic mass is 10.2. The molecule has 0 aromatic heterocycles. The maximum Gasteiger partial charge on any atom is 0.341 e. The van der Waals surface area contributed by atoms with Gasteiger partial charge in [0.1, 0.15) is 5.82 Å². The zero-order valence-corrected chi connectivity index (χ0v) is 11.5. The van der Waals surface area contributed by atoms with Crippen molar-refractivity contribution in [3.8, 4) is 0 Å². The van der Waals surface area contributed by atoms with Gasteiger partial charge < -0.3 is 10.1 Å². The number of urea groups is 1. The van der Waals surface area contributed by atoms with Crippen LogP contribution in [0.25, 0.3) is 0 Å². The molecule has 0 saturated heterocycles. The van der Waals surface area contributed by atoms with Crippen molar-refractivity contribution in [3.63, 3.8) is 0 Å². The Morgan fingerprint density at radius 1 is 1.35 bits per heavy atom. The number of rotatable bonds is 3. The number of carbonyl (C=O) groups is 3. The summed E-state index contributed by atoms with van der Waals surface area (Å²) in [6.07, 6.45) is -1.25. The lowest BCUT2D eigenvalue weighted by Crippen LogP contribution is -2.43. The predicted octanol–water partition coefficient (Wildman–Crippen LogP) is 1.48. The number of carbonyl (C=O) groups excluding carboxylic acids is 3. The lowest BCUT2D eigenvalue weighted by Gasteiger charge is -2.13. The molecule has 8 heteroatoms. The molecule has 0 aliphatic rings. The van der Waals surface area contributed by atoms with Gasteiger partial charge in [-0.25, -0.2) is 14.0 Å². The number of nitrogens with one attached hydrogen (secondary N) is 2. The molecule has 0 spiro atoms. The average Bonchev–Trinajstić information content (AvgIpc) is 2.37. The van der Waals surface area contributed by atoms with Crippen molar-refractivity contribution in [1.29, 1.82) is 0 Å². The van der Waals surface area contributed by atoms with Crippen LogP contribution in [0.3, 0.4) is 0 Å². The number of ether oxygens (including phenoxy) is 1. The molecule has 0 aliphatic heterocycles. The molecule has 0 radical (unpaired) electrons. The molecule has 20 heavy (non-hydrogen) atoms. The Labute approximate surface area is 119 Å². The first-order chi connectivity index (χ1) is 9.35. The van der Waals surface area contributed by atoms with Gasteiger partial charge in [0, 0.05) is 12.1 Å². The lowest BCUT2D eigenvalue weighted by molar-refractivity contribution is -0.127. The van der Waals surface area contributed by atoms with Crippen LogP contribution in [0.5, 0.6) is 0 Å². The van der Waals surface area contributed by atoms with Crippen LogP contribution in [0.4, 0.5) is 9.18 Å². The van der Waals surface area contributed by atoms with Crippen LogP contribution in [0, 0.1) is 5.82 Å². The topological polar surface area (TPSA) is 84.5 Å². The summed E-state index contributed by atoms with van der Waals surface area (Å²) in [7, 11) is 1.32. The van der Waals surface area contributed by atoms with Gasteiger partial charge in [0.15, 0.2) is 6.10 Å². The zero-order chi connectivity index (χ0) is 15.3. The van der Waals surface area contributed by atoms with Gasteiger partial charge in [0.05, 0.1) is 5.56 Å². The number of esters is 1. The molecule has 0 heterocycles. The van der Waals surface area contributed by atoms with Gasteiger partial charge in [0.25, 0.3) is 5.91 Å². The molecule has 1 aromatic rings. The number of hydrogen-bond acceptors (Lipinski definition) is 4. The summed E-state index contributed by atoms with van der Waals surface area (Å²) in [6, 6.07) is 2.67. The van der Waals surface area contributed by atoms with E-state index in [4.69, 9.17) is 16.3 Å². The SMILES string of the molecule is CNC(=O)NC(=O)[C@H](C)OC(=O)c1ccc(Cl)cc1F. The highest BCUT2D eigenvalue weighted by molar-refractivity contribution is 6.30. The highest BCUT2D eigenvalue weighted by Gasteiger charge is 2.22. The van der Waals surface area contributed by atoms with Crippen LogP contribution in [0.1, 0.15) is 17.3 Å². The molecule has 1 atom stereocenters. The molecule has 108 valence electrons. The largest absolute Gasteiger partial charge is 0.449 e. The quantitative estimate of drug-likeness (QED) is 0.828. The van der Waals surface area contributed by atoms with Crippen LogP contribution >= 0.6 is 11.6 Å². The van der Waals surface area contributed by atoms with Gasteiger partial charge >= 0.3 is 12.0 Å². The second kappa shape index (κ2) is 6.85. The molecule has 1 rings (SSSR count). The van der Waals surface area contributed by atoms with Crippen LogP contribution in [0.2, 0.25) is 5.02 Å². The highest BCUT2D eigenvalue weighted by atomic mass is 35.5. The molecule has 0 aliphatic carbocycles. The Morgan fingerprint density at radius 2 is 2.00 bits per heavy atom. The second-order valence-corrected chi connectivity index (χ2v) is 4.18. The zero-order valence-electron chi connectivity index (χ0n) is 10.7. The van der Waals surface area contributed by atoms with Crippen molar-refractivity contribution in [2.75, 3.05) is 7.05 Å². The minimum atomic E-state index is -1.25. The normalized spacial score (nSPS) is 11.4. The molecular formula is C12H12ClFN2O4. The third-order valence-corrected chi connectivity index (χ3v) is 2.50. The summed E-state index contributed by atoms with van der Waals surface area (Å²) in [5, 5.41) is 4.22. The number of hydrogen-bond donors (Lipinski definition) is 2. The number of benzene rings is 1. The van der Waals surface area contributed by atoms with Crippen molar-refractivity contribution in [1.82, 2.24) is 10.6 Å². The predicted molar refractivity (Wildman–Crippen MR) is 68.9 cm³/mol.